The molecule has 1 aliphatic heterocycles. The summed E-state index contributed by atoms with van der Waals surface area (Å²) in [4.78, 5) is 31.2. The molecule has 4 rings (SSSR count). The topological polar surface area (TPSA) is 101 Å². The van der Waals surface area contributed by atoms with E-state index in [2.05, 4.69) is 36.3 Å². The van der Waals surface area contributed by atoms with Crippen molar-refractivity contribution >= 4 is 17.5 Å². The molecule has 0 bridgehead atoms. The first-order valence-corrected chi connectivity index (χ1v) is 16.7. The van der Waals surface area contributed by atoms with Gasteiger partial charge < -0.3 is 29.5 Å². The van der Waals surface area contributed by atoms with Gasteiger partial charge in [-0.25, -0.2) is 0 Å². The largest absolute Gasteiger partial charge is 0.497 e. The first-order chi connectivity index (χ1) is 22.7. The maximum absolute atomic E-state index is 14.4. The van der Waals surface area contributed by atoms with Crippen molar-refractivity contribution in [3.05, 3.63) is 89.5 Å². The molecule has 2 N–H and O–H groups in total. The molecule has 0 spiro atoms. The van der Waals surface area contributed by atoms with Gasteiger partial charge in [-0.15, -0.1) is 0 Å². The minimum Gasteiger partial charge on any atom is -0.497 e. The van der Waals surface area contributed by atoms with Crippen LogP contribution in [0.1, 0.15) is 61.5 Å². The molecule has 0 saturated carbocycles. The van der Waals surface area contributed by atoms with Gasteiger partial charge >= 0.3 is 0 Å². The van der Waals surface area contributed by atoms with Crippen molar-refractivity contribution in [2.75, 3.05) is 45.8 Å². The van der Waals surface area contributed by atoms with E-state index in [9.17, 15) is 14.7 Å². The molecule has 0 saturated heterocycles. The number of ether oxygens (including phenoxy) is 3. The number of benzene rings is 3. The lowest BCUT2D eigenvalue weighted by atomic mass is 10.0. The van der Waals surface area contributed by atoms with Gasteiger partial charge in [0, 0.05) is 37.8 Å². The van der Waals surface area contributed by atoms with Crippen LogP contribution in [0.25, 0.3) is 0 Å². The van der Waals surface area contributed by atoms with E-state index in [-0.39, 0.29) is 43.0 Å². The molecule has 0 aromatic heterocycles. The number of methoxy groups -OCH3 is 1. The van der Waals surface area contributed by atoms with Crippen LogP contribution in [-0.4, -0.2) is 85.4 Å². The van der Waals surface area contributed by atoms with Gasteiger partial charge in [-0.05, 0) is 81.6 Å². The number of carbonyl (C=O) groups excluding carboxylic acids is 2. The number of hydrogen-bond acceptors (Lipinski definition) is 7. The highest BCUT2D eigenvalue weighted by atomic mass is 16.5. The van der Waals surface area contributed by atoms with Crippen molar-refractivity contribution in [3.63, 3.8) is 0 Å². The molecule has 2 amide bonds. The highest BCUT2D eigenvalue weighted by Gasteiger charge is 2.30. The standard InChI is InChI=1S/C38H51N3O6/c1-27-23-41(28(2)26-42)38(44)34-22-32(39-37(43)21-30-12-7-6-8-13-30)16-19-35(34)47-29(3)11-9-10-20-46-36(27)25-40(4)24-31-14-17-33(45-5)18-15-31/h6-8,12-19,22,27-29,36,42H,9-11,20-21,23-26H2,1-5H3,(H,39,43)/t27-,28+,29+,36+/m0/s1. The van der Waals surface area contributed by atoms with Gasteiger partial charge in [-0.3, -0.25) is 14.5 Å². The summed E-state index contributed by atoms with van der Waals surface area (Å²) < 4.78 is 18.1. The maximum Gasteiger partial charge on any atom is 0.258 e. The second-order valence-electron chi connectivity index (χ2n) is 12.8. The minimum atomic E-state index is -0.447. The summed E-state index contributed by atoms with van der Waals surface area (Å²) in [5, 5.41) is 13.2. The minimum absolute atomic E-state index is 0.0359. The van der Waals surface area contributed by atoms with Crippen molar-refractivity contribution in [2.45, 2.75) is 71.2 Å². The van der Waals surface area contributed by atoms with Gasteiger partial charge in [0.05, 0.1) is 44.0 Å². The maximum atomic E-state index is 14.4. The van der Waals surface area contributed by atoms with Gasteiger partial charge in [0.15, 0.2) is 0 Å². The SMILES string of the molecule is COc1ccc(CN(C)C[C@H]2OCCCC[C@@H](C)Oc3ccc(NC(=O)Cc4ccccc4)cc3C(=O)N([C@H](C)CO)C[C@@H]2C)cc1. The predicted octanol–water partition coefficient (Wildman–Crippen LogP) is 5.80. The van der Waals surface area contributed by atoms with Crippen LogP contribution in [0.4, 0.5) is 5.69 Å². The first-order valence-electron chi connectivity index (χ1n) is 16.7. The number of likely N-dealkylation sites (N-methyl/N-ethyl adjacent to an activating group) is 1. The van der Waals surface area contributed by atoms with E-state index in [0.717, 1.165) is 37.1 Å². The van der Waals surface area contributed by atoms with E-state index < -0.39 is 6.04 Å². The van der Waals surface area contributed by atoms with Gasteiger partial charge in [0.25, 0.3) is 5.91 Å². The first kappa shape index (κ1) is 35.9. The molecule has 9 heteroatoms. The average Bonchev–Trinajstić information content (AvgIpc) is 3.06. The lowest BCUT2D eigenvalue weighted by molar-refractivity contribution is -0.115. The van der Waals surface area contributed by atoms with Crippen molar-refractivity contribution in [3.8, 4) is 11.5 Å². The smallest absolute Gasteiger partial charge is 0.258 e. The summed E-state index contributed by atoms with van der Waals surface area (Å²) in [7, 11) is 3.74. The van der Waals surface area contributed by atoms with Crippen LogP contribution in [-0.2, 0) is 22.5 Å². The summed E-state index contributed by atoms with van der Waals surface area (Å²) in [5.41, 5.74) is 2.94. The van der Waals surface area contributed by atoms with E-state index in [4.69, 9.17) is 14.2 Å². The molecular weight excluding hydrogens is 594 g/mol. The van der Waals surface area contributed by atoms with Crippen LogP contribution < -0.4 is 14.8 Å². The van der Waals surface area contributed by atoms with Crippen molar-refractivity contribution in [2.24, 2.45) is 5.92 Å². The zero-order chi connectivity index (χ0) is 33.8. The molecule has 47 heavy (non-hydrogen) atoms. The molecule has 1 aliphatic rings. The molecule has 0 aliphatic carbocycles. The van der Waals surface area contributed by atoms with E-state index in [0.29, 0.717) is 36.7 Å². The molecule has 3 aromatic carbocycles. The monoisotopic (exact) mass is 645 g/mol. The molecule has 4 atom stereocenters. The number of anilines is 1. The van der Waals surface area contributed by atoms with Crippen LogP contribution in [0, 0.1) is 5.92 Å². The quantitative estimate of drug-likeness (QED) is 0.287. The van der Waals surface area contributed by atoms with Gasteiger partial charge in [-0.2, -0.15) is 0 Å². The zero-order valence-electron chi connectivity index (χ0n) is 28.5. The number of nitrogens with one attached hydrogen (secondary N) is 1. The molecule has 0 fully saturated rings. The fourth-order valence-electron chi connectivity index (χ4n) is 5.86. The molecule has 3 aromatic rings. The third kappa shape index (κ3) is 10.8. The van der Waals surface area contributed by atoms with Crippen LogP contribution in [0.3, 0.4) is 0 Å². The number of nitrogens with zero attached hydrogens (tertiary/aromatic N) is 2. The van der Waals surface area contributed by atoms with Crippen LogP contribution >= 0.6 is 0 Å². The number of aliphatic hydroxyl groups is 1. The number of hydrogen-bond donors (Lipinski definition) is 2. The predicted molar refractivity (Wildman–Crippen MR) is 185 cm³/mol. The second-order valence-corrected chi connectivity index (χ2v) is 12.8. The number of carbonyl (C=O) groups is 2. The highest BCUT2D eigenvalue weighted by Crippen LogP contribution is 2.29. The number of amides is 2. The number of fused-ring (bicyclic) bond motifs is 1. The summed E-state index contributed by atoms with van der Waals surface area (Å²) in [6.07, 6.45) is 2.58. The fourth-order valence-corrected chi connectivity index (χ4v) is 5.86. The number of rotatable bonds is 10. The summed E-state index contributed by atoms with van der Waals surface area (Å²) in [6, 6.07) is 22.4. The van der Waals surface area contributed by atoms with Gasteiger partial charge in [-0.1, -0.05) is 49.4 Å². The second kappa shape index (κ2) is 17.8. The Balaban J connectivity index is 1.57. The van der Waals surface area contributed by atoms with E-state index >= 15 is 0 Å². The Morgan fingerprint density at radius 2 is 1.81 bits per heavy atom. The van der Waals surface area contributed by atoms with Gasteiger partial charge in [0.1, 0.15) is 11.5 Å². The fraction of sp³-hybridized carbons (Fsp3) is 0.474. The highest BCUT2D eigenvalue weighted by molar-refractivity contribution is 6.00. The van der Waals surface area contributed by atoms with Crippen LogP contribution in [0.15, 0.2) is 72.8 Å². The summed E-state index contributed by atoms with van der Waals surface area (Å²) in [6.45, 7) is 8.16. The van der Waals surface area contributed by atoms with E-state index in [1.807, 2.05) is 56.3 Å². The molecule has 1 heterocycles. The van der Waals surface area contributed by atoms with Crippen LogP contribution in [0.2, 0.25) is 0 Å². The Bertz CT molecular complexity index is 1420. The zero-order valence-corrected chi connectivity index (χ0v) is 28.5. The molecule has 0 unspecified atom stereocenters. The molecular formula is C38H51N3O6. The normalized spacial score (nSPS) is 20.1. The third-order valence-electron chi connectivity index (χ3n) is 8.65. The molecule has 254 valence electrons. The Kier molecular flexibility index (Phi) is 13.6. The Morgan fingerprint density at radius 1 is 1.06 bits per heavy atom. The average molecular weight is 646 g/mol. The summed E-state index contributed by atoms with van der Waals surface area (Å²) >= 11 is 0. The van der Waals surface area contributed by atoms with Crippen LogP contribution in [0.5, 0.6) is 11.5 Å². The molecule has 0 radical (unpaired) electrons. The van der Waals surface area contributed by atoms with Gasteiger partial charge in [0.2, 0.25) is 5.91 Å². The third-order valence-corrected chi connectivity index (χ3v) is 8.65. The lowest BCUT2D eigenvalue weighted by Crippen LogP contribution is -2.47. The van der Waals surface area contributed by atoms with E-state index in [1.54, 1.807) is 30.2 Å². The van der Waals surface area contributed by atoms with Crippen molar-refractivity contribution < 1.29 is 28.9 Å². The molecule has 9 nitrogen and oxygen atoms in total. The van der Waals surface area contributed by atoms with Crippen molar-refractivity contribution in [1.82, 2.24) is 9.80 Å². The van der Waals surface area contributed by atoms with E-state index in [1.165, 1.54) is 5.56 Å². The lowest BCUT2D eigenvalue weighted by Gasteiger charge is -2.36. The number of aliphatic hydroxyl groups excluding tert-OH is 1. The Labute approximate surface area is 279 Å². The Morgan fingerprint density at radius 3 is 2.51 bits per heavy atom. The van der Waals surface area contributed by atoms with Crippen molar-refractivity contribution in [1.29, 1.82) is 0 Å². The summed E-state index contributed by atoms with van der Waals surface area (Å²) in [5.74, 6) is 0.820. The Hall–Kier alpha value is -3.92.